The van der Waals surface area contributed by atoms with Crippen molar-refractivity contribution in [2.45, 2.75) is 63.2 Å². The van der Waals surface area contributed by atoms with E-state index in [1.807, 2.05) is 37.3 Å². The number of anilines is 2. The lowest BCUT2D eigenvalue weighted by Crippen LogP contribution is -2.31. The fourth-order valence-electron chi connectivity index (χ4n) is 7.21. The lowest BCUT2D eigenvalue weighted by Gasteiger charge is -2.28. The smallest absolute Gasteiger partial charge is 0.243 e. The predicted molar refractivity (Wildman–Crippen MR) is 184 cm³/mol. The quantitative estimate of drug-likeness (QED) is 0.245. The third-order valence-corrected chi connectivity index (χ3v) is 12.0. The van der Waals surface area contributed by atoms with Crippen LogP contribution in [0, 0.1) is 24.7 Å². The molecule has 0 spiro atoms. The largest absolute Gasteiger partial charge is 0.377 e. The molecular weight excluding hydrogens is 612 g/mol. The van der Waals surface area contributed by atoms with E-state index in [1.165, 1.54) is 0 Å². The number of ketones is 2. The average Bonchev–Trinajstić information content (AvgIpc) is 3.76. The Hall–Kier alpha value is -3.86. The van der Waals surface area contributed by atoms with Gasteiger partial charge in [0, 0.05) is 48.3 Å². The van der Waals surface area contributed by atoms with Gasteiger partial charge >= 0.3 is 0 Å². The van der Waals surface area contributed by atoms with Crippen LogP contribution in [0.15, 0.2) is 65.6 Å². The highest BCUT2D eigenvalue weighted by Crippen LogP contribution is 2.33. The van der Waals surface area contributed by atoms with Crippen molar-refractivity contribution in [1.82, 2.24) is 4.31 Å². The highest BCUT2D eigenvalue weighted by atomic mass is 32.2. The zero-order valence-electron chi connectivity index (χ0n) is 27.0. The first-order valence-corrected chi connectivity index (χ1v) is 18.2. The van der Waals surface area contributed by atoms with Gasteiger partial charge < -0.3 is 16.4 Å². The molecule has 4 N–H and O–H groups in total. The van der Waals surface area contributed by atoms with Crippen molar-refractivity contribution >= 4 is 38.9 Å². The molecule has 2 aliphatic heterocycles. The second-order valence-electron chi connectivity index (χ2n) is 13.3. The van der Waals surface area contributed by atoms with Crippen molar-refractivity contribution in [3.05, 3.63) is 77.4 Å². The van der Waals surface area contributed by atoms with Crippen molar-refractivity contribution in [2.75, 3.05) is 36.8 Å². The lowest BCUT2D eigenvalue weighted by atomic mass is 9.77. The maximum absolute atomic E-state index is 13.8. The van der Waals surface area contributed by atoms with Crippen LogP contribution in [0.5, 0.6) is 0 Å². The van der Waals surface area contributed by atoms with Gasteiger partial charge in [-0.05, 0) is 117 Å². The number of carbonyl (C=O) groups excluding carboxylic acids is 3. The Bertz CT molecular complexity index is 1770. The first kappa shape index (κ1) is 33.1. The van der Waals surface area contributed by atoms with Crippen LogP contribution in [-0.2, 0) is 26.0 Å². The molecule has 2 heterocycles. The number of rotatable bonds is 11. The summed E-state index contributed by atoms with van der Waals surface area (Å²) in [7, 11) is -3.58. The number of aryl methyl sites for hydroxylation is 1. The third kappa shape index (κ3) is 7.35. The van der Waals surface area contributed by atoms with E-state index in [9.17, 15) is 22.8 Å². The molecule has 3 aromatic rings. The maximum atomic E-state index is 13.8. The Labute approximate surface area is 277 Å². The molecule has 1 saturated heterocycles. The molecule has 0 aromatic heterocycles. The standard InChI is InChI=1S/C37H44N4O5S/c1-24-7-13-31(47(45,46)41-15-2-3-16-41)21-33(24)28-6-4-5-26(17-28)18-29(19-35(42)27-10-8-25(22-38)9-11-27)37(44)40-30-12-14-32-34(20-30)39-23-36(32)43/h4-7,12-14,17,20-21,25,27,29,39H,2-3,8-11,15-16,18-19,22-23,38H2,1H3,(H,40,44)/t25?,27?,29-/m1/s1. The number of nitrogens with zero attached hydrogens (tertiary/aromatic N) is 1. The summed E-state index contributed by atoms with van der Waals surface area (Å²) >= 11 is 0. The van der Waals surface area contributed by atoms with E-state index in [2.05, 4.69) is 10.6 Å². The molecule has 1 aliphatic carbocycles. The number of amides is 1. The van der Waals surface area contributed by atoms with Gasteiger partial charge in [0.05, 0.1) is 11.4 Å². The summed E-state index contributed by atoms with van der Waals surface area (Å²) in [6, 6.07) is 18.3. The number of sulfonamides is 1. The molecule has 2 fully saturated rings. The molecule has 3 aliphatic rings. The Morgan fingerprint density at radius 2 is 1.74 bits per heavy atom. The van der Waals surface area contributed by atoms with Crippen LogP contribution >= 0.6 is 0 Å². The Kier molecular flexibility index (Phi) is 9.91. The minimum Gasteiger partial charge on any atom is -0.377 e. The maximum Gasteiger partial charge on any atom is 0.243 e. The number of benzene rings is 3. The molecule has 1 amide bonds. The van der Waals surface area contributed by atoms with Gasteiger partial charge in [-0.2, -0.15) is 4.31 Å². The molecule has 9 nitrogen and oxygen atoms in total. The predicted octanol–water partition coefficient (Wildman–Crippen LogP) is 5.58. The van der Waals surface area contributed by atoms with Crippen molar-refractivity contribution in [3.63, 3.8) is 0 Å². The fourth-order valence-corrected chi connectivity index (χ4v) is 8.76. The van der Waals surface area contributed by atoms with Gasteiger partial charge in [-0.1, -0.05) is 30.3 Å². The highest BCUT2D eigenvalue weighted by molar-refractivity contribution is 7.89. The SMILES string of the molecule is Cc1ccc(S(=O)(=O)N2CCCC2)cc1-c1cccc(C[C@H](CC(=O)C2CCC(CN)CC2)C(=O)Nc2ccc3c(c2)NCC3=O)c1. The molecule has 1 saturated carbocycles. The van der Waals surface area contributed by atoms with Gasteiger partial charge in [0.25, 0.3) is 0 Å². The summed E-state index contributed by atoms with van der Waals surface area (Å²) in [6.07, 6.45) is 5.66. The summed E-state index contributed by atoms with van der Waals surface area (Å²) in [4.78, 5) is 39.8. The normalized spacial score (nSPS) is 20.4. The number of nitrogens with one attached hydrogen (secondary N) is 2. The minimum atomic E-state index is -3.58. The van der Waals surface area contributed by atoms with Gasteiger partial charge in [0.15, 0.2) is 5.78 Å². The summed E-state index contributed by atoms with van der Waals surface area (Å²) in [5.41, 5.74) is 11.2. The molecule has 248 valence electrons. The topological polar surface area (TPSA) is 139 Å². The second kappa shape index (κ2) is 14.1. The van der Waals surface area contributed by atoms with Crippen LogP contribution < -0.4 is 16.4 Å². The number of carbonyl (C=O) groups is 3. The number of Topliss-reactive ketones (excluding diaryl/α,β-unsaturated/α-hetero) is 2. The van der Waals surface area contributed by atoms with Crippen LogP contribution in [0.25, 0.3) is 11.1 Å². The fraction of sp³-hybridized carbons (Fsp3) is 0.432. The lowest BCUT2D eigenvalue weighted by molar-refractivity contribution is -0.129. The number of nitrogens with two attached hydrogens (primary N) is 1. The minimum absolute atomic E-state index is 0.0139. The van der Waals surface area contributed by atoms with E-state index in [4.69, 9.17) is 5.73 Å². The molecule has 10 heteroatoms. The van der Waals surface area contributed by atoms with Crippen LogP contribution in [0.3, 0.4) is 0 Å². The van der Waals surface area contributed by atoms with E-state index in [1.54, 1.807) is 34.6 Å². The van der Waals surface area contributed by atoms with Crippen LogP contribution in [-0.4, -0.2) is 56.4 Å². The van der Waals surface area contributed by atoms with Gasteiger partial charge in [-0.3, -0.25) is 14.4 Å². The van der Waals surface area contributed by atoms with Crippen molar-refractivity contribution in [3.8, 4) is 11.1 Å². The van der Waals surface area contributed by atoms with Crippen molar-refractivity contribution < 1.29 is 22.8 Å². The Morgan fingerprint density at radius 1 is 0.979 bits per heavy atom. The van der Waals surface area contributed by atoms with E-state index in [-0.39, 0.29) is 41.3 Å². The summed E-state index contributed by atoms with van der Waals surface area (Å²) in [5, 5.41) is 6.07. The molecule has 3 aromatic carbocycles. The van der Waals surface area contributed by atoms with Gasteiger partial charge in [-0.15, -0.1) is 0 Å². The zero-order chi connectivity index (χ0) is 33.1. The van der Waals surface area contributed by atoms with Crippen LogP contribution in [0.1, 0.15) is 66.4 Å². The average molecular weight is 657 g/mol. The molecule has 0 radical (unpaired) electrons. The van der Waals surface area contributed by atoms with E-state index >= 15 is 0 Å². The Morgan fingerprint density at radius 3 is 2.49 bits per heavy atom. The molecule has 47 heavy (non-hydrogen) atoms. The number of fused-ring (bicyclic) bond motifs is 1. The van der Waals surface area contributed by atoms with Crippen molar-refractivity contribution in [2.24, 2.45) is 23.5 Å². The highest BCUT2D eigenvalue weighted by Gasteiger charge is 2.31. The first-order valence-electron chi connectivity index (χ1n) is 16.8. The molecular formula is C37H44N4O5S. The summed E-state index contributed by atoms with van der Waals surface area (Å²) < 4.78 is 28.2. The first-order chi connectivity index (χ1) is 22.6. The third-order valence-electron chi connectivity index (χ3n) is 10.1. The number of hydrogen-bond donors (Lipinski definition) is 3. The molecule has 6 rings (SSSR count). The zero-order valence-corrected chi connectivity index (χ0v) is 27.8. The van der Waals surface area contributed by atoms with E-state index in [0.29, 0.717) is 48.9 Å². The van der Waals surface area contributed by atoms with E-state index < -0.39 is 15.9 Å². The summed E-state index contributed by atoms with van der Waals surface area (Å²) in [5.74, 6) is -0.367. The second-order valence-corrected chi connectivity index (χ2v) is 15.3. The monoisotopic (exact) mass is 656 g/mol. The molecule has 1 atom stereocenters. The Balaban J connectivity index is 1.25. The number of hydrogen-bond acceptors (Lipinski definition) is 7. The molecule has 0 bridgehead atoms. The summed E-state index contributed by atoms with van der Waals surface area (Å²) in [6.45, 7) is 3.91. The van der Waals surface area contributed by atoms with Crippen molar-refractivity contribution in [1.29, 1.82) is 0 Å². The van der Waals surface area contributed by atoms with E-state index in [0.717, 1.165) is 60.8 Å². The van der Waals surface area contributed by atoms with Gasteiger partial charge in [0.1, 0.15) is 5.78 Å². The van der Waals surface area contributed by atoms with Crippen LogP contribution in [0.2, 0.25) is 0 Å². The molecule has 0 unspecified atom stereocenters. The van der Waals surface area contributed by atoms with Crippen LogP contribution in [0.4, 0.5) is 11.4 Å². The van der Waals surface area contributed by atoms with Gasteiger partial charge in [-0.25, -0.2) is 8.42 Å². The van der Waals surface area contributed by atoms with Gasteiger partial charge in [0.2, 0.25) is 15.9 Å².